The maximum Gasteiger partial charge on any atom is 0.179 e. The van der Waals surface area contributed by atoms with Crippen molar-refractivity contribution in [1.82, 2.24) is 4.90 Å². The third-order valence-corrected chi connectivity index (χ3v) is 1.68. The van der Waals surface area contributed by atoms with Crippen LogP contribution in [0.2, 0.25) is 0 Å². The van der Waals surface area contributed by atoms with Crippen LogP contribution in [0.3, 0.4) is 0 Å². The minimum atomic E-state index is 0.116. The van der Waals surface area contributed by atoms with Crippen LogP contribution in [-0.2, 0) is 4.79 Å². The Bertz CT molecular complexity index is 151. The van der Waals surface area contributed by atoms with E-state index >= 15 is 0 Å². The highest BCUT2D eigenvalue weighted by molar-refractivity contribution is 5.96. The van der Waals surface area contributed by atoms with Crippen molar-refractivity contribution in [3.05, 3.63) is 12.3 Å². The first-order valence-corrected chi connectivity index (χ1v) is 3.19. The Morgan fingerprint density at radius 3 is 2.67 bits per heavy atom. The summed E-state index contributed by atoms with van der Waals surface area (Å²) in [5, 5.41) is 0. The first kappa shape index (κ1) is 6.33. The molecule has 0 aromatic rings. The van der Waals surface area contributed by atoms with E-state index in [1.165, 1.54) is 0 Å². The van der Waals surface area contributed by atoms with Gasteiger partial charge in [-0.2, -0.15) is 0 Å². The van der Waals surface area contributed by atoms with Gasteiger partial charge in [0.15, 0.2) is 5.78 Å². The van der Waals surface area contributed by atoms with Gasteiger partial charge in [0, 0.05) is 13.2 Å². The second kappa shape index (κ2) is 2.21. The normalized spacial score (nSPS) is 25.8. The van der Waals surface area contributed by atoms with Gasteiger partial charge >= 0.3 is 0 Å². The van der Waals surface area contributed by atoms with Crippen molar-refractivity contribution >= 4 is 5.78 Å². The molecule has 0 spiro atoms. The number of hydrogen-bond donors (Lipinski definition) is 0. The summed E-state index contributed by atoms with van der Waals surface area (Å²) in [7, 11) is 1.93. The highest BCUT2D eigenvalue weighted by Gasteiger charge is 2.21. The molecule has 0 aromatic carbocycles. The molecule has 9 heavy (non-hydrogen) atoms. The molecular weight excluding hydrogens is 114 g/mol. The van der Waals surface area contributed by atoms with Gasteiger partial charge in [0.1, 0.15) is 0 Å². The maximum atomic E-state index is 10.9. The van der Waals surface area contributed by atoms with Crippen molar-refractivity contribution in [2.75, 3.05) is 7.05 Å². The van der Waals surface area contributed by atoms with Crippen molar-refractivity contribution in [1.29, 1.82) is 0 Å². The van der Waals surface area contributed by atoms with Crippen LogP contribution >= 0.6 is 0 Å². The molecule has 1 aliphatic rings. The molecule has 0 amide bonds. The molecule has 1 rings (SSSR count). The predicted molar refractivity (Wildman–Crippen MR) is 36.0 cm³/mol. The van der Waals surface area contributed by atoms with Crippen molar-refractivity contribution in [3.63, 3.8) is 0 Å². The van der Waals surface area contributed by atoms with Crippen LogP contribution in [0.4, 0.5) is 0 Å². The molecule has 2 nitrogen and oxygen atoms in total. The van der Waals surface area contributed by atoms with Gasteiger partial charge in [-0.05, 0) is 12.5 Å². The van der Waals surface area contributed by atoms with E-state index in [1.54, 1.807) is 6.08 Å². The first-order chi connectivity index (χ1) is 4.25. The lowest BCUT2D eigenvalue weighted by molar-refractivity contribution is -0.117. The Morgan fingerprint density at radius 1 is 1.78 bits per heavy atom. The molecule has 0 fully saturated rings. The summed E-state index contributed by atoms with van der Waals surface area (Å²) in [6.07, 6.45) is 4.37. The molecule has 1 aliphatic heterocycles. The van der Waals surface area contributed by atoms with Crippen LogP contribution in [0.1, 0.15) is 13.3 Å². The molecule has 50 valence electrons. The maximum absolute atomic E-state index is 10.9. The van der Waals surface area contributed by atoms with Crippen LogP contribution in [0.5, 0.6) is 0 Å². The fraction of sp³-hybridized carbons (Fsp3) is 0.571. The zero-order valence-electron chi connectivity index (χ0n) is 5.79. The van der Waals surface area contributed by atoms with Crippen molar-refractivity contribution in [3.8, 4) is 0 Å². The quantitative estimate of drug-likeness (QED) is 0.516. The molecule has 1 heterocycles. The minimum absolute atomic E-state index is 0.116. The molecule has 0 saturated heterocycles. The van der Waals surface area contributed by atoms with Gasteiger partial charge in [-0.3, -0.25) is 4.79 Å². The van der Waals surface area contributed by atoms with Crippen LogP contribution in [-0.4, -0.2) is 23.8 Å². The lowest BCUT2D eigenvalue weighted by Crippen LogP contribution is -2.27. The van der Waals surface area contributed by atoms with E-state index in [1.807, 2.05) is 25.1 Å². The van der Waals surface area contributed by atoms with Gasteiger partial charge in [0.25, 0.3) is 0 Å². The lowest BCUT2D eigenvalue weighted by atomic mass is 10.1. The molecule has 0 N–H and O–H groups in total. The third-order valence-electron chi connectivity index (χ3n) is 1.68. The van der Waals surface area contributed by atoms with Crippen molar-refractivity contribution < 1.29 is 4.79 Å². The predicted octanol–water partition coefficient (Wildman–Crippen LogP) is 0.793. The molecule has 0 radical (unpaired) electrons. The van der Waals surface area contributed by atoms with Gasteiger partial charge in [0.05, 0.1) is 6.04 Å². The Labute approximate surface area is 55.2 Å². The van der Waals surface area contributed by atoms with E-state index in [0.29, 0.717) is 0 Å². The highest BCUT2D eigenvalue weighted by Crippen LogP contribution is 2.10. The minimum Gasteiger partial charge on any atom is -0.370 e. The van der Waals surface area contributed by atoms with E-state index < -0.39 is 0 Å². The van der Waals surface area contributed by atoms with Crippen LogP contribution < -0.4 is 0 Å². The standard InChI is InChI=1S/C7H11NO/c1-3-6-7(9)4-5-8(6)2/h4-6H,3H2,1-2H3. The van der Waals surface area contributed by atoms with Gasteiger partial charge in [-0.25, -0.2) is 0 Å². The average Bonchev–Trinajstić information content (AvgIpc) is 2.12. The molecule has 0 saturated carbocycles. The molecule has 0 aromatic heterocycles. The molecule has 0 bridgehead atoms. The summed E-state index contributed by atoms with van der Waals surface area (Å²) < 4.78 is 0. The lowest BCUT2D eigenvalue weighted by Gasteiger charge is -2.16. The average molecular weight is 125 g/mol. The zero-order valence-corrected chi connectivity index (χ0v) is 5.79. The van der Waals surface area contributed by atoms with Gasteiger partial charge in [0.2, 0.25) is 0 Å². The molecule has 1 atom stereocenters. The fourth-order valence-electron chi connectivity index (χ4n) is 1.10. The smallest absolute Gasteiger partial charge is 0.179 e. The summed E-state index contributed by atoms with van der Waals surface area (Å²) in [4.78, 5) is 12.8. The molecule has 2 heteroatoms. The van der Waals surface area contributed by atoms with Gasteiger partial charge in [-0.15, -0.1) is 0 Å². The van der Waals surface area contributed by atoms with Crippen LogP contribution in [0.25, 0.3) is 0 Å². The summed E-state index contributed by atoms with van der Waals surface area (Å²) in [5.41, 5.74) is 0. The van der Waals surface area contributed by atoms with E-state index in [-0.39, 0.29) is 11.8 Å². The topological polar surface area (TPSA) is 20.3 Å². The van der Waals surface area contributed by atoms with E-state index in [2.05, 4.69) is 0 Å². The SMILES string of the molecule is CCC1C(=O)C=CN1C. The number of carbonyl (C=O) groups excluding carboxylic acids is 1. The number of rotatable bonds is 1. The van der Waals surface area contributed by atoms with Gasteiger partial charge in [-0.1, -0.05) is 6.92 Å². The Balaban J connectivity index is 2.63. The Morgan fingerprint density at radius 2 is 2.44 bits per heavy atom. The number of hydrogen-bond acceptors (Lipinski definition) is 2. The fourth-order valence-corrected chi connectivity index (χ4v) is 1.10. The highest BCUT2D eigenvalue weighted by atomic mass is 16.1. The Kier molecular flexibility index (Phi) is 1.56. The number of carbonyl (C=O) groups is 1. The molecule has 0 aliphatic carbocycles. The molecule has 1 unspecified atom stereocenters. The summed E-state index contributed by atoms with van der Waals surface area (Å²) in [6, 6.07) is 0.116. The van der Waals surface area contributed by atoms with Crippen molar-refractivity contribution in [2.45, 2.75) is 19.4 Å². The summed E-state index contributed by atoms with van der Waals surface area (Å²) >= 11 is 0. The van der Waals surface area contributed by atoms with Crippen molar-refractivity contribution in [2.24, 2.45) is 0 Å². The summed E-state index contributed by atoms with van der Waals surface area (Å²) in [6.45, 7) is 2.02. The Hall–Kier alpha value is -0.790. The molecular formula is C7H11NO. The van der Waals surface area contributed by atoms with Crippen LogP contribution in [0.15, 0.2) is 12.3 Å². The second-order valence-corrected chi connectivity index (χ2v) is 2.31. The zero-order chi connectivity index (χ0) is 6.85. The largest absolute Gasteiger partial charge is 0.370 e. The van der Waals surface area contributed by atoms with Crippen LogP contribution in [0, 0.1) is 0 Å². The summed E-state index contributed by atoms with van der Waals surface area (Å²) in [5.74, 6) is 0.236. The van der Waals surface area contributed by atoms with Gasteiger partial charge < -0.3 is 4.90 Å². The number of ketones is 1. The monoisotopic (exact) mass is 125 g/mol. The van der Waals surface area contributed by atoms with E-state index in [0.717, 1.165) is 6.42 Å². The first-order valence-electron chi connectivity index (χ1n) is 3.19. The van der Waals surface area contributed by atoms with E-state index in [4.69, 9.17) is 0 Å². The third kappa shape index (κ3) is 0.969. The van der Waals surface area contributed by atoms with E-state index in [9.17, 15) is 4.79 Å². The number of nitrogens with zero attached hydrogens (tertiary/aromatic N) is 1. The second-order valence-electron chi connectivity index (χ2n) is 2.31. The number of likely N-dealkylation sites (N-methyl/N-ethyl adjacent to an activating group) is 1.